The van der Waals surface area contributed by atoms with Gasteiger partial charge in [-0.1, -0.05) is 48.7 Å². The molecular formula is C15H24OSi. The van der Waals surface area contributed by atoms with Crippen molar-refractivity contribution < 1.29 is 4.74 Å². The van der Waals surface area contributed by atoms with Gasteiger partial charge in [-0.05, 0) is 32.3 Å². The van der Waals surface area contributed by atoms with Crippen molar-refractivity contribution in [3.63, 3.8) is 0 Å². The van der Waals surface area contributed by atoms with Crippen molar-refractivity contribution in [2.45, 2.75) is 57.7 Å². The van der Waals surface area contributed by atoms with Crippen molar-refractivity contribution in [2.75, 3.05) is 0 Å². The van der Waals surface area contributed by atoms with Gasteiger partial charge in [-0.25, -0.2) is 0 Å². The molecule has 1 aliphatic carbocycles. The van der Waals surface area contributed by atoms with Crippen LogP contribution in [0, 0.1) is 0 Å². The molecule has 0 aliphatic heterocycles. The van der Waals surface area contributed by atoms with E-state index in [1.165, 1.54) is 42.9 Å². The van der Waals surface area contributed by atoms with E-state index in [9.17, 15) is 0 Å². The fourth-order valence-electron chi connectivity index (χ4n) is 2.62. The first-order chi connectivity index (χ1) is 8.08. The summed E-state index contributed by atoms with van der Waals surface area (Å²) in [5.41, 5.74) is 1.17. The first-order valence-electron chi connectivity index (χ1n) is 6.83. The third kappa shape index (κ3) is 3.43. The van der Waals surface area contributed by atoms with Crippen molar-refractivity contribution in [3.05, 3.63) is 29.8 Å². The number of hydrogen-bond acceptors (Lipinski definition) is 1. The molecule has 0 saturated heterocycles. The topological polar surface area (TPSA) is 9.23 Å². The molecule has 1 aliphatic rings. The van der Waals surface area contributed by atoms with Gasteiger partial charge in [0.1, 0.15) is 0 Å². The molecule has 0 N–H and O–H groups in total. The lowest BCUT2D eigenvalue weighted by Gasteiger charge is -2.33. The zero-order valence-electron chi connectivity index (χ0n) is 11.3. The third-order valence-corrected chi connectivity index (χ3v) is 4.43. The van der Waals surface area contributed by atoms with E-state index in [1.54, 1.807) is 0 Å². The first-order valence-corrected chi connectivity index (χ1v) is 7.83. The number of ether oxygens (including phenoxy) is 1. The average Bonchev–Trinajstić information content (AvgIpc) is 2.30. The Morgan fingerprint density at radius 2 is 1.65 bits per heavy atom. The SMILES string of the molecule is CC(C)(OC1CCCCC1)c1ccc([SiH3])cc1. The Kier molecular flexibility index (Phi) is 4.05. The van der Waals surface area contributed by atoms with Crippen LogP contribution in [0.15, 0.2) is 24.3 Å². The van der Waals surface area contributed by atoms with E-state index in [4.69, 9.17) is 4.74 Å². The highest BCUT2D eigenvalue weighted by Gasteiger charge is 2.26. The first kappa shape index (κ1) is 12.8. The maximum atomic E-state index is 6.32. The second-order valence-corrected chi connectivity index (χ2v) is 6.91. The van der Waals surface area contributed by atoms with Crippen LogP contribution in [0.5, 0.6) is 0 Å². The minimum absolute atomic E-state index is 0.142. The summed E-state index contributed by atoms with van der Waals surface area (Å²) in [6.07, 6.45) is 7.00. The third-order valence-electron chi connectivity index (χ3n) is 3.76. The predicted octanol–water partition coefficient (Wildman–Crippen LogP) is 2.26. The molecule has 1 nitrogen and oxygen atoms in total. The zero-order chi connectivity index (χ0) is 12.3. The Hall–Kier alpha value is -0.603. The summed E-state index contributed by atoms with van der Waals surface area (Å²) in [4.78, 5) is 0. The summed E-state index contributed by atoms with van der Waals surface area (Å²) in [6.45, 7) is 4.40. The van der Waals surface area contributed by atoms with Crippen LogP contribution >= 0.6 is 0 Å². The Balaban J connectivity index is 2.04. The van der Waals surface area contributed by atoms with Gasteiger partial charge in [0, 0.05) is 10.2 Å². The van der Waals surface area contributed by atoms with E-state index in [1.807, 2.05) is 0 Å². The minimum atomic E-state index is -0.142. The lowest BCUT2D eigenvalue weighted by atomic mass is 9.94. The van der Waals surface area contributed by atoms with Gasteiger partial charge in [0.05, 0.1) is 11.7 Å². The second-order valence-electron chi connectivity index (χ2n) is 5.75. The molecule has 1 saturated carbocycles. The molecule has 17 heavy (non-hydrogen) atoms. The van der Waals surface area contributed by atoms with E-state index in [0.29, 0.717) is 6.10 Å². The maximum absolute atomic E-state index is 6.32. The molecule has 2 heteroatoms. The zero-order valence-corrected chi connectivity index (χ0v) is 13.3. The summed E-state index contributed by atoms with van der Waals surface area (Å²) in [5.74, 6) is 0. The van der Waals surface area contributed by atoms with Crippen LogP contribution in [-0.2, 0) is 10.3 Å². The van der Waals surface area contributed by atoms with E-state index < -0.39 is 0 Å². The van der Waals surface area contributed by atoms with Crippen LogP contribution in [0.3, 0.4) is 0 Å². The van der Waals surface area contributed by atoms with Crippen molar-refractivity contribution in [3.8, 4) is 0 Å². The molecule has 0 radical (unpaired) electrons. The molecule has 1 fully saturated rings. The predicted molar refractivity (Wildman–Crippen MR) is 77.0 cm³/mol. The lowest BCUT2D eigenvalue weighted by Crippen LogP contribution is -2.30. The molecule has 0 amide bonds. The molecule has 0 unspecified atom stereocenters. The minimum Gasteiger partial charge on any atom is -0.368 e. The number of rotatable bonds is 3. The molecule has 0 spiro atoms. The normalized spacial score (nSPS) is 18.5. The van der Waals surface area contributed by atoms with Crippen LogP contribution in [-0.4, -0.2) is 16.3 Å². The van der Waals surface area contributed by atoms with Crippen molar-refractivity contribution in [1.29, 1.82) is 0 Å². The van der Waals surface area contributed by atoms with Gasteiger partial charge in [0.15, 0.2) is 0 Å². The Morgan fingerprint density at radius 1 is 1.06 bits per heavy atom. The van der Waals surface area contributed by atoms with E-state index >= 15 is 0 Å². The number of benzene rings is 1. The quantitative estimate of drug-likeness (QED) is 0.746. The maximum Gasteiger partial charge on any atom is 0.0879 e. The van der Waals surface area contributed by atoms with Gasteiger partial charge in [0.2, 0.25) is 0 Å². The van der Waals surface area contributed by atoms with Crippen LogP contribution in [0.2, 0.25) is 0 Å². The summed E-state index contributed by atoms with van der Waals surface area (Å²) in [5, 5.41) is 1.45. The highest BCUT2D eigenvalue weighted by molar-refractivity contribution is 6.32. The van der Waals surface area contributed by atoms with Gasteiger partial charge >= 0.3 is 0 Å². The van der Waals surface area contributed by atoms with Gasteiger partial charge in [-0.2, -0.15) is 0 Å². The Bertz CT molecular complexity index is 350. The lowest BCUT2D eigenvalue weighted by molar-refractivity contribution is -0.0889. The highest BCUT2D eigenvalue weighted by atomic mass is 28.1. The van der Waals surface area contributed by atoms with Crippen LogP contribution in [0.4, 0.5) is 0 Å². The van der Waals surface area contributed by atoms with Crippen molar-refractivity contribution in [2.24, 2.45) is 0 Å². The Labute approximate surface area is 108 Å². The molecule has 1 aromatic carbocycles. The van der Waals surface area contributed by atoms with Crippen LogP contribution in [0.1, 0.15) is 51.5 Å². The highest BCUT2D eigenvalue weighted by Crippen LogP contribution is 2.30. The number of hydrogen-bond donors (Lipinski definition) is 0. The molecule has 0 heterocycles. The smallest absolute Gasteiger partial charge is 0.0879 e. The van der Waals surface area contributed by atoms with Gasteiger partial charge in [-0.15, -0.1) is 0 Å². The molecule has 0 aromatic heterocycles. The second kappa shape index (κ2) is 5.36. The van der Waals surface area contributed by atoms with Gasteiger partial charge < -0.3 is 4.74 Å². The molecule has 1 aromatic rings. The van der Waals surface area contributed by atoms with E-state index in [2.05, 4.69) is 38.1 Å². The molecule has 0 bridgehead atoms. The van der Waals surface area contributed by atoms with Crippen molar-refractivity contribution in [1.82, 2.24) is 0 Å². The van der Waals surface area contributed by atoms with Crippen LogP contribution < -0.4 is 5.19 Å². The van der Waals surface area contributed by atoms with Gasteiger partial charge in [0.25, 0.3) is 0 Å². The van der Waals surface area contributed by atoms with E-state index in [-0.39, 0.29) is 5.60 Å². The summed E-state index contributed by atoms with van der Waals surface area (Å²) < 4.78 is 6.32. The molecule has 0 atom stereocenters. The summed E-state index contributed by atoms with van der Waals surface area (Å²) in [7, 11) is 1.13. The van der Waals surface area contributed by atoms with Crippen LogP contribution in [0.25, 0.3) is 0 Å². The monoisotopic (exact) mass is 248 g/mol. The largest absolute Gasteiger partial charge is 0.368 e. The van der Waals surface area contributed by atoms with Crippen molar-refractivity contribution >= 4 is 15.4 Å². The molecule has 2 rings (SSSR count). The van der Waals surface area contributed by atoms with Gasteiger partial charge in [-0.3, -0.25) is 0 Å². The van der Waals surface area contributed by atoms with E-state index in [0.717, 1.165) is 10.2 Å². The Morgan fingerprint density at radius 3 is 2.24 bits per heavy atom. The average molecular weight is 248 g/mol. The summed E-state index contributed by atoms with van der Waals surface area (Å²) >= 11 is 0. The fourth-order valence-corrected chi connectivity index (χ4v) is 2.96. The molecular weight excluding hydrogens is 224 g/mol. The molecule has 94 valence electrons. The summed E-state index contributed by atoms with van der Waals surface area (Å²) in [6, 6.07) is 8.91. The standard InChI is InChI=1S/C15H24OSi/c1-15(2,12-8-10-14(17)11-9-12)16-13-6-4-3-5-7-13/h8-11,13H,3-7H2,1-2,17H3. The fraction of sp³-hybridized carbons (Fsp3) is 0.600.